The van der Waals surface area contributed by atoms with E-state index in [1.165, 1.54) is 6.07 Å². The van der Waals surface area contributed by atoms with E-state index in [2.05, 4.69) is 25.2 Å². The molecule has 2 aromatic heterocycles. The van der Waals surface area contributed by atoms with Crippen molar-refractivity contribution >= 4 is 44.3 Å². The summed E-state index contributed by atoms with van der Waals surface area (Å²) in [6.45, 7) is 0. The van der Waals surface area contributed by atoms with Crippen LogP contribution in [0.4, 0.5) is 35.3 Å². The lowest BCUT2D eigenvalue weighted by molar-refractivity contribution is -0.0544. The first-order valence-corrected chi connectivity index (χ1v) is 11.4. The monoisotopic (exact) mass is 469 g/mol. The minimum absolute atomic E-state index is 0.0261. The summed E-state index contributed by atoms with van der Waals surface area (Å²) in [5, 5.41) is 4.87. The van der Waals surface area contributed by atoms with Gasteiger partial charge in [0, 0.05) is 16.8 Å². The fraction of sp³-hybridized carbons (Fsp3) is 0.316. The Kier molecular flexibility index (Phi) is 5.67. The van der Waals surface area contributed by atoms with Crippen molar-refractivity contribution in [3.8, 4) is 0 Å². The molecule has 0 aliphatic heterocycles. The molecule has 3 N–H and O–H groups in total. The third-order valence-corrected chi connectivity index (χ3v) is 6.37. The molecule has 1 aliphatic rings. The first-order valence-electron chi connectivity index (χ1n) is 9.55. The molecule has 0 unspecified atom stereocenters. The van der Waals surface area contributed by atoms with Gasteiger partial charge in [0.15, 0.2) is 21.3 Å². The van der Waals surface area contributed by atoms with E-state index in [1.807, 2.05) is 5.32 Å². The number of anilines is 3. The number of nitrogens with one attached hydrogen (secondary N) is 3. The third kappa shape index (κ3) is 4.33. The quantitative estimate of drug-likeness (QED) is 0.476. The van der Waals surface area contributed by atoms with Gasteiger partial charge < -0.3 is 10.3 Å². The second-order valence-corrected chi connectivity index (χ2v) is 9.43. The number of carbonyl (C=O) groups is 1. The Hall–Kier alpha value is -3.35. The summed E-state index contributed by atoms with van der Waals surface area (Å²) in [5.74, 6) is -0.632. The number of H-pyrrole nitrogens is 1. The van der Waals surface area contributed by atoms with E-state index in [9.17, 15) is 26.5 Å². The van der Waals surface area contributed by atoms with Crippen LogP contribution >= 0.6 is 0 Å². The maximum atomic E-state index is 13.1. The highest BCUT2D eigenvalue weighted by Gasteiger charge is 2.24. The first kappa shape index (κ1) is 21.9. The minimum atomic E-state index is -3.65. The Bertz CT molecular complexity index is 1290. The van der Waals surface area contributed by atoms with Crippen molar-refractivity contribution in [1.29, 1.82) is 0 Å². The van der Waals surface area contributed by atoms with Crippen LogP contribution in [0.15, 0.2) is 29.2 Å². The number of nitrogens with zero attached hydrogens (tertiary/aromatic N) is 2. The lowest BCUT2D eigenvalue weighted by atomic mass is 9.80. The molecule has 1 amide bonds. The molecule has 4 rings (SSSR count). The van der Waals surface area contributed by atoms with Crippen LogP contribution < -0.4 is 10.6 Å². The van der Waals surface area contributed by atoms with E-state index in [1.54, 1.807) is 18.2 Å². The van der Waals surface area contributed by atoms with Gasteiger partial charge in [0.1, 0.15) is 11.3 Å². The van der Waals surface area contributed by atoms with Crippen LogP contribution in [0.2, 0.25) is 0 Å². The zero-order valence-electron chi connectivity index (χ0n) is 16.7. The molecule has 32 heavy (non-hydrogen) atoms. The first-order chi connectivity index (χ1) is 15.2. The topological polar surface area (TPSA) is 126 Å². The number of aromatic amines is 1. The number of pyridine rings is 1. The molecule has 0 spiro atoms. The average Bonchev–Trinajstić information content (AvgIpc) is 3.11. The van der Waals surface area contributed by atoms with E-state index >= 15 is 0 Å². The lowest BCUT2D eigenvalue weighted by Gasteiger charge is -2.26. The van der Waals surface area contributed by atoms with Crippen LogP contribution in [0.3, 0.4) is 0 Å². The third-order valence-electron chi connectivity index (χ3n) is 5.24. The van der Waals surface area contributed by atoms with E-state index in [4.69, 9.17) is 0 Å². The van der Waals surface area contributed by atoms with Crippen LogP contribution in [0.1, 0.15) is 43.0 Å². The number of alkyl halides is 2. The fourth-order valence-electron chi connectivity index (χ4n) is 3.49. The molecule has 3 aromatic rings. The zero-order chi connectivity index (χ0) is 23.0. The molecular formula is C19H18F3N5O4S. The number of benzene rings is 1. The van der Waals surface area contributed by atoms with Gasteiger partial charge in [-0.25, -0.2) is 36.9 Å². The largest absolute Gasteiger partial charge is 0.450 e. The molecule has 0 saturated heterocycles. The molecule has 0 atom stereocenters. The molecule has 9 nitrogen and oxygen atoms in total. The number of halogens is 3. The predicted octanol–water partition coefficient (Wildman–Crippen LogP) is 4.74. The van der Waals surface area contributed by atoms with Crippen molar-refractivity contribution in [3.05, 3.63) is 35.7 Å². The summed E-state index contributed by atoms with van der Waals surface area (Å²) in [6.07, 6.45) is -0.310. The summed E-state index contributed by atoms with van der Waals surface area (Å²) in [5.41, 5.74) is 1.02. The summed E-state index contributed by atoms with van der Waals surface area (Å²) in [4.78, 5) is 24.3. The van der Waals surface area contributed by atoms with Gasteiger partial charge in [0.25, 0.3) is 6.43 Å². The van der Waals surface area contributed by atoms with Gasteiger partial charge in [0.05, 0.1) is 16.3 Å². The highest BCUT2D eigenvalue weighted by atomic mass is 32.2. The lowest BCUT2D eigenvalue weighted by Crippen LogP contribution is -2.12. The fourth-order valence-corrected chi connectivity index (χ4v) is 4.35. The molecule has 0 bridgehead atoms. The predicted molar refractivity (Wildman–Crippen MR) is 109 cm³/mol. The Morgan fingerprint density at radius 3 is 2.56 bits per heavy atom. The van der Waals surface area contributed by atoms with Gasteiger partial charge >= 0.3 is 6.09 Å². The number of rotatable bonds is 6. The van der Waals surface area contributed by atoms with Crippen molar-refractivity contribution in [3.63, 3.8) is 0 Å². The molecule has 170 valence electrons. The van der Waals surface area contributed by atoms with Crippen molar-refractivity contribution in [2.45, 2.75) is 36.5 Å². The van der Waals surface area contributed by atoms with Crippen LogP contribution in [0, 0.1) is 0 Å². The van der Waals surface area contributed by atoms with Gasteiger partial charge in [-0.2, -0.15) is 0 Å². The van der Waals surface area contributed by atoms with Crippen LogP contribution in [0.5, 0.6) is 0 Å². The number of amides is 1. The number of carbonyl (C=O) groups excluding carboxylic acids is 1. The molecule has 1 saturated carbocycles. The molecule has 13 heteroatoms. The van der Waals surface area contributed by atoms with Crippen LogP contribution in [-0.2, 0) is 14.8 Å². The summed E-state index contributed by atoms with van der Waals surface area (Å²) >= 11 is 0. The second kappa shape index (κ2) is 8.30. The Morgan fingerprint density at radius 2 is 1.97 bits per heavy atom. The van der Waals surface area contributed by atoms with Crippen molar-refractivity contribution in [1.82, 2.24) is 15.0 Å². The number of hydrogen-bond donors (Lipinski definition) is 3. The maximum Gasteiger partial charge on any atom is 0.450 e. The number of hydrogen-bond acceptors (Lipinski definition) is 7. The van der Waals surface area contributed by atoms with Gasteiger partial charge in [-0.15, -0.1) is 0 Å². The highest BCUT2D eigenvalue weighted by molar-refractivity contribution is 7.90. The second-order valence-electron chi connectivity index (χ2n) is 7.45. The standard InChI is InChI=1S/C19H18F3N5O4S/c1-32(29,30)13-7-10(9-3-2-4-9)5-6-11(13)23-12-8-14(25-19(28)31-22)24-17-15(12)26-18(27-17)16(20)21/h5-9,16H,2-4H2,1H3,(H3,23,24,25,26,27,28). The van der Waals surface area contributed by atoms with Crippen molar-refractivity contribution in [2.24, 2.45) is 0 Å². The normalized spacial score (nSPS) is 14.4. The number of imidazole rings is 1. The summed E-state index contributed by atoms with van der Waals surface area (Å²) in [7, 11) is -3.65. The molecule has 0 radical (unpaired) electrons. The summed E-state index contributed by atoms with van der Waals surface area (Å²) in [6, 6.07) is 6.19. The Morgan fingerprint density at radius 1 is 1.22 bits per heavy atom. The minimum Gasteiger partial charge on any atom is -0.353 e. The molecule has 1 fully saturated rings. The molecule has 2 heterocycles. The van der Waals surface area contributed by atoms with Gasteiger partial charge in [-0.05, 0) is 36.5 Å². The van der Waals surface area contributed by atoms with Gasteiger partial charge in [0.2, 0.25) is 0 Å². The molecule has 1 aliphatic carbocycles. The van der Waals surface area contributed by atoms with Crippen LogP contribution in [-0.4, -0.2) is 35.7 Å². The van der Waals surface area contributed by atoms with E-state index in [0.717, 1.165) is 31.1 Å². The van der Waals surface area contributed by atoms with Crippen molar-refractivity contribution in [2.75, 3.05) is 16.9 Å². The maximum absolute atomic E-state index is 13.1. The van der Waals surface area contributed by atoms with E-state index < -0.39 is 28.2 Å². The molecular weight excluding hydrogens is 451 g/mol. The van der Waals surface area contributed by atoms with Crippen LogP contribution in [0.25, 0.3) is 11.2 Å². The summed E-state index contributed by atoms with van der Waals surface area (Å²) < 4.78 is 63.3. The highest BCUT2D eigenvalue weighted by Crippen LogP contribution is 2.39. The average molecular weight is 469 g/mol. The SMILES string of the molecule is CS(=O)(=O)c1cc(C2CCC2)ccc1Nc1cc(NC(=O)OF)nc2nc(C(F)F)[nH]c12. The van der Waals surface area contributed by atoms with E-state index in [0.29, 0.717) is 5.92 Å². The van der Waals surface area contributed by atoms with Gasteiger partial charge in [-0.1, -0.05) is 12.5 Å². The smallest absolute Gasteiger partial charge is 0.353 e. The van der Waals surface area contributed by atoms with Gasteiger partial charge in [-0.3, -0.25) is 5.32 Å². The zero-order valence-corrected chi connectivity index (χ0v) is 17.5. The number of sulfone groups is 1. The van der Waals surface area contributed by atoms with Crippen molar-refractivity contribution < 1.29 is 31.5 Å². The molecule has 1 aromatic carbocycles. The number of aromatic nitrogens is 3. The Labute approximate surface area is 180 Å². The number of fused-ring (bicyclic) bond motifs is 1. The van der Waals surface area contributed by atoms with E-state index in [-0.39, 0.29) is 33.3 Å². The Balaban J connectivity index is 1.81.